The fourth-order valence-electron chi connectivity index (χ4n) is 3.09. The van der Waals surface area contributed by atoms with E-state index in [0.717, 1.165) is 33.4 Å². The third kappa shape index (κ3) is 6.72. The van der Waals surface area contributed by atoms with Crippen LogP contribution >= 0.6 is 23.7 Å². The molecule has 0 radical (unpaired) electrons. The summed E-state index contributed by atoms with van der Waals surface area (Å²) in [5.41, 5.74) is 2.70. The molecule has 3 rings (SSSR count). The van der Waals surface area contributed by atoms with Gasteiger partial charge in [-0.1, -0.05) is 25.1 Å². The SMILES string of the molecule is CCSc1cccc(-c2cc(CN(C)Sc3ccc(F)c(F)c3)ccc2OCC(=O)O)c1. The predicted octanol–water partition coefficient (Wildman–Crippen LogP) is 6.35. The molecule has 0 bridgehead atoms. The van der Waals surface area contributed by atoms with Crippen LogP contribution in [0.4, 0.5) is 8.78 Å². The van der Waals surface area contributed by atoms with Crippen molar-refractivity contribution in [3.63, 3.8) is 0 Å². The molecule has 3 aromatic carbocycles. The molecule has 168 valence electrons. The second kappa shape index (κ2) is 11.4. The molecular formula is C24H23F2NO3S2. The Balaban J connectivity index is 1.85. The van der Waals surface area contributed by atoms with E-state index in [1.807, 2.05) is 41.7 Å². The zero-order valence-electron chi connectivity index (χ0n) is 17.7. The summed E-state index contributed by atoms with van der Waals surface area (Å²) in [5, 5.41) is 9.01. The fraction of sp³-hybridized carbons (Fsp3) is 0.208. The summed E-state index contributed by atoms with van der Waals surface area (Å²) in [6, 6.07) is 17.4. The molecule has 1 N–H and O–H groups in total. The van der Waals surface area contributed by atoms with Crippen molar-refractivity contribution >= 4 is 29.7 Å². The van der Waals surface area contributed by atoms with E-state index in [0.29, 0.717) is 17.2 Å². The Morgan fingerprint density at radius 2 is 1.84 bits per heavy atom. The summed E-state index contributed by atoms with van der Waals surface area (Å²) in [5.74, 6) is -1.36. The van der Waals surface area contributed by atoms with Crippen molar-refractivity contribution < 1.29 is 23.4 Å². The molecule has 0 aliphatic carbocycles. The van der Waals surface area contributed by atoms with E-state index in [2.05, 4.69) is 13.0 Å². The van der Waals surface area contributed by atoms with Crippen molar-refractivity contribution in [3.8, 4) is 16.9 Å². The minimum Gasteiger partial charge on any atom is -0.481 e. The van der Waals surface area contributed by atoms with Crippen LogP contribution in [0.25, 0.3) is 11.1 Å². The highest BCUT2D eigenvalue weighted by Gasteiger charge is 2.13. The molecule has 0 saturated heterocycles. The lowest BCUT2D eigenvalue weighted by atomic mass is 10.0. The maximum Gasteiger partial charge on any atom is 0.341 e. The van der Waals surface area contributed by atoms with Crippen LogP contribution in [-0.4, -0.2) is 34.8 Å². The fourth-order valence-corrected chi connectivity index (χ4v) is 4.67. The van der Waals surface area contributed by atoms with Crippen molar-refractivity contribution in [3.05, 3.63) is 77.9 Å². The van der Waals surface area contributed by atoms with Gasteiger partial charge >= 0.3 is 5.97 Å². The van der Waals surface area contributed by atoms with Gasteiger partial charge in [0.1, 0.15) is 5.75 Å². The van der Waals surface area contributed by atoms with Gasteiger partial charge in [-0.2, -0.15) is 0 Å². The lowest BCUT2D eigenvalue weighted by Gasteiger charge is -2.18. The number of carboxylic acids is 1. The van der Waals surface area contributed by atoms with E-state index in [4.69, 9.17) is 9.84 Å². The van der Waals surface area contributed by atoms with Crippen LogP contribution in [0.3, 0.4) is 0 Å². The van der Waals surface area contributed by atoms with E-state index >= 15 is 0 Å². The van der Waals surface area contributed by atoms with Crippen molar-refractivity contribution in [1.82, 2.24) is 4.31 Å². The molecule has 0 unspecified atom stereocenters. The van der Waals surface area contributed by atoms with E-state index < -0.39 is 24.2 Å². The molecule has 0 spiro atoms. The van der Waals surface area contributed by atoms with Gasteiger partial charge in [0.15, 0.2) is 18.2 Å². The average molecular weight is 476 g/mol. The zero-order chi connectivity index (χ0) is 23.1. The number of hydrogen-bond acceptors (Lipinski definition) is 5. The van der Waals surface area contributed by atoms with E-state index in [-0.39, 0.29) is 0 Å². The number of aliphatic carboxylic acids is 1. The number of benzene rings is 3. The van der Waals surface area contributed by atoms with Crippen LogP contribution in [0.5, 0.6) is 5.75 Å². The standard InChI is InChI=1S/C24H23F2NO3S2/c1-3-31-18-6-4-5-17(12-18)20-11-16(7-10-23(20)30-15-24(28)29)14-27(2)32-19-8-9-21(25)22(26)13-19/h4-13H,3,14-15H2,1-2H3,(H,28,29). The summed E-state index contributed by atoms with van der Waals surface area (Å²) in [7, 11) is 1.86. The van der Waals surface area contributed by atoms with E-state index in [1.165, 1.54) is 24.1 Å². The monoisotopic (exact) mass is 475 g/mol. The quantitative estimate of drug-likeness (QED) is 0.273. The molecule has 0 heterocycles. The second-order valence-electron chi connectivity index (χ2n) is 6.93. The maximum absolute atomic E-state index is 13.5. The first-order chi connectivity index (χ1) is 15.4. The molecule has 3 aromatic rings. The molecule has 0 aromatic heterocycles. The number of hydrogen-bond donors (Lipinski definition) is 1. The van der Waals surface area contributed by atoms with Crippen LogP contribution in [-0.2, 0) is 11.3 Å². The highest BCUT2D eigenvalue weighted by atomic mass is 32.2. The van der Waals surface area contributed by atoms with Crippen LogP contribution in [0.1, 0.15) is 12.5 Å². The normalized spacial score (nSPS) is 11.0. The van der Waals surface area contributed by atoms with Crippen LogP contribution in [0.2, 0.25) is 0 Å². The third-order valence-corrected chi connectivity index (χ3v) is 6.19. The Morgan fingerprint density at radius 1 is 1.03 bits per heavy atom. The Labute approximate surface area is 194 Å². The van der Waals surface area contributed by atoms with Gasteiger partial charge in [0.05, 0.1) is 0 Å². The van der Waals surface area contributed by atoms with Gasteiger partial charge in [0.25, 0.3) is 0 Å². The molecule has 8 heteroatoms. The van der Waals surface area contributed by atoms with Crippen LogP contribution in [0, 0.1) is 11.6 Å². The van der Waals surface area contributed by atoms with Gasteiger partial charge in [0, 0.05) is 21.9 Å². The summed E-state index contributed by atoms with van der Waals surface area (Å²) in [4.78, 5) is 12.7. The smallest absolute Gasteiger partial charge is 0.341 e. The zero-order valence-corrected chi connectivity index (χ0v) is 19.3. The third-order valence-electron chi connectivity index (χ3n) is 4.41. The first-order valence-electron chi connectivity index (χ1n) is 9.90. The lowest BCUT2D eigenvalue weighted by Crippen LogP contribution is -2.11. The molecule has 0 aliphatic heterocycles. The number of rotatable bonds is 10. The second-order valence-corrected chi connectivity index (χ2v) is 9.54. The Kier molecular flexibility index (Phi) is 8.55. The molecule has 0 fully saturated rings. The van der Waals surface area contributed by atoms with Crippen LogP contribution < -0.4 is 4.74 Å². The van der Waals surface area contributed by atoms with Crippen molar-refractivity contribution in [2.45, 2.75) is 23.3 Å². The number of carbonyl (C=O) groups is 1. The number of ether oxygens (including phenoxy) is 1. The predicted molar refractivity (Wildman–Crippen MR) is 125 cm³/mol. The van der Waals surface area contributed by atoms with E-state index in [9.17, 15) is 13.6 Å². The number of thioether (sulfide) groups is 1. The highest BCUT2D eigenvalue weighted by Crippen LogP contribution is 2.34. The maximum atomic E-state index is 13.5. The summed E-state index contributed by atoms with van der Waals surface area (Å²) in [6.45, 7) is 2.18. The van der Waals surface area contributed by atoms with E-state index in [1.54, 1.807) is 17.8 Å². The summed E-state index contributed by atoms with van der Waals surface area (Å²) in [6.07, 6.45) is 0. The Morgan fingerprint density at radius 3 is 2.56 bits per heavy atom. The van der Waals surface area contributed by atoms with Gasteiger partial charge in [-0.3, -0.25) is 0 Å². The van der Waals surface area contributed by atoms with Gasteiger partial charge in [-0.15, -0.1) is 11.8 Å². The largest absolute Gasteiger partial charge is 0.481 e. The first-order valence-corrected chi connectivity index (χ1v) is 11.7. The first kappa shape index (κ1) is 24.1. The average Bonchev–Trinajstić information content (AvgIpc) is 2.75. The summed E-state index contributed by atoms with van der Waals surface area (Å²) >= 11 is 3.03. The lowest BCUT2D eigenvalue weighted by molar-refractivity contribution is -0.139. The molecule has 32 heavy (non-hydrogen) atoms. The number of nitrogens with zero attached hydrogens (tertiary/aromatic N) is 1. The van der Waals surface area contributed by atoms with Gasteiger partial charge < -0.3 is 9.84 Å². The van der Waals surface area contributed by atoms with Crippen molar-refractivity contribution in [1.29, 1.82) is 0 Å². The topological polar surface area (TPSA) is 49.8 Å². The van der Waals surface area contributed by atoms with Crippen LogP contribution in [0.15, 0.2) is 70.5 Å². The van der Waals surface area contributed by atoms with Gasteiger partial charge in [-0.05, 0) is 78.3 Å². The molecule has 4 nitrogen and oxygen atoms in total. The molecule has 0 amide bonds. The molecule has 0 saturated carbocycles. The minimum atomic E-state index is -1.04. The molecule has 0 atom stereocenters. The van der Waals surface area contributed by atoms with Crippen molar-refractivity contribution in [2.24, 2.45) is 0 Å². The van der Waals surface area contributed by atoms with Crippen molar-refractivity contribution in [2.75, 3.05) is 19.4 Å². The molecular weight excluding hydrogens is 452 g/mol. The molecule has 0 aliphatic rings. The number of carboxylic acid groups (broad SMARTS) is 1. The number of halogens is 2. The Hall–Kier alpha value is -2.55. The minimum absolute atomic E-state index is 0.429. The van der Waals surface area contributed by atoms with Gasteiger partial charge in [0.2, 0.25) is 0 Å². The highest BCUT2D eigenvalue weighted by molar-refractivity contribution is 7.99. The summed E-state index contributed by atoms with van der Waals surface area (Å²) < 4.78 is 34.1. The Bertz CT molecular complexity index is 1090. The van der Waals surface area contributed by atoms with Gasteiger partial charge in [-0.25, -0.2) is 17.9 Å².